The minimum atomic E-state index is -0.527. The summed E-state index contributed by atoms with van der Waals surface area (Å²) in [5.74, 6) is 0.745. The molecule has 2 aromatic heterocycles. The van der Waals surface area contributed by atoms with Gasteiger partial charge >= 0.3 is 6.09 Å². The van der Waals surface area contributed by atoms with E-state index in [2.05, 4.69) is 15.5 Å². The number of amides is 1. The second-order valence-electron chi connectivity index (χ2n) is 6.78. The van der Waals surface area contributed by atoms with E-state index < -0.39 is 6.09 Å². The molecule has 0 aliphatic rings. The Bertz CT molecular complexity index is 1190. The van der Waals surface area contributed by atoms with E-state index in [-0.39, 0.29) is 6.61 Å². The van der Waals surface area contributed by atoms with Gasteiger partial charge in [0, 0.05) is 30.2 Å². The van der Waals surface area contributed by atoms with Crippen molar-refractivity contribution in [2.24, 2.45) is 7.05 Å². The predicted molar refractivity (Wildman–Crippen MR) is 114 cm³/mol. The van der Waals surface area contributed by atoms with E-state index in [0.29, 0.717) is 12.2 Å². The minimum absolute atomic E-state index is 0.108. The number of rotatable bonds is 6. The number of methoxy groups -OCH3 is 1. The zero-order chi connectivity index (χ0) is 21.1. The summed E-state index contributed by atoms with van der Waals surface area (Å²) in [5, 5.41) is 12.5. The van der Waals surface area contributed by atoms with Crippen molar-refractivity contribution >= 4 is 22.7 Å². The highest BCUT2D eigenvalue weighted by atomic mass is 16.5. The van der Waals surface area contributed by atoms with Gasteiger partial charge in [-0.25, -0.2) is 4.79 Å². The van der Waals surface area contributed by atoms with Crippen molar-refractivity contribution in [2.75, 3.05) is 12.4 Å². The summed E-state index contributed by atoms with van der Waals surface area (Å²) in [4.78, 5) is 12.3. The van der Waals surface area contributed by atoms with Crippen molar-refractivity contribution < 1.29 is 14.3 Å². The van der Waals surface area contributed by atoms with Crippen molar-refractivity contribution in [3.8, 4) is 17.0 Å². The molecule has 0 atom stereocenters. The van der Waals surface area contributed by atoms with Crippen molar-refractivity contribution in [2.45, 2.75) is 20.1 Å². The zero-order valence-electron chi connectivity index (χ0n) is 17.1. The standard InChI is InChI=1S/C22H23N5O3/c1-4-27-17(12-19(25-27)18-7-5-6-8-21(18)29-3)14-30-22(28)24-16-9-10-20-15(11-16)13-23-26(20)2/h5-13H,4,14H2,1-3H3,(H,24,28). The van der Waals surface area contributed by atoms with Crippen molar-refractivity contribution in [1.82, 2.24) is 19.6 Å². The molecule has 1 N–H and O–H groups in total. The molecule has 8 nitrogen and oxygen atoms in total. The fourth-order valence-electron chi connectivity index (χ4n) is 3.37. The smallest absolute Gasteiger partial charge is 0.412 e. The third-order valence-corrected chi connectivity index (χ3v) is 4.89. The lowest BCUT2D eigenvalue weighted by Crippen LogP contribution is -2.15. The summed E-state index contributed by atoms with van der Waals surface area (Å²) >= 11 is 0. The molecular formula is C22H23N5O3. The minimum Gasteiger partial charge on any atom is -0.496 e. The van der Waals surface area contributed by atoms with E-state index in [1.54, 1.807) is 18.0 Å². The average molecular weight is 405 g/mol. The van der Waals surface area contributed by atoms with Crippen LogP contribution in [0.3, 0.4) is 0 Å². The van der Waals surface area contributed by atoms with Gasteiger partial charge in [0.2, 0.25) is 0 Å². The Kier molecular flexibility index (Phi) is 5.38. The van der Waals surface area contributed by atoms with Crippen LogP contribution in [0, 0.1) is 0 Å². The van der Waals surface area contributed by atoms with Gasteiger partial charge in [-0.3, -0.25) is 14.7 Å². The van der Waals surface area contributed by atoms with Crippen LogP contribution in [-0.2, 0) is 24.9 Å². The van der Waals surface area contributed by atoms with Gasteiger partial charge < -0.3 is 9.47 Å². The third kappa shape index (κ3) is 3.84. The first-order valence-corrected chi connectivity index (χ1v) is 9.64. The third-order valence-electron chi connectivity index (χ3n) is 4.89. The van der Waals surface area contributed by atoms with Crippen LogP contribution in [0.2, 0.25) is 0 Å². The first-order valence-electron chi connectivity index (χ1n) is 9.64. The molecule has 30 heavy (non-hydrogen) atoms. The number of anilines is 1. The zero-order valence-corrected chi connectivity index (χ0v) is 17.1. The van der Waals surface area contributed by atoms with E-state index in [9.17, 15) is 4.79 Å². The molecule has 0 fully saturated rings. The van der Waals surface area contributed by atoms with Crippen LogP contribution in [-0.4, -0.2) is 32.8 Å². The van der Waals surface area contributed by atoms with Crippen molar-refractivity contribution in [3.63, 3.8) is 0 Å². The Morgan fingerprint density at radius 1 is 1.17 bits per heavy atom. The van der Waals surface area contributed by atoms with Crippen LogP contribution in [0.15, 0.2) is 54.7 Å². The number of nitrogens with zero attached hydrogens (tertiary/aromatic N) is 4. The Hall–Kier alpha value is -3.81. The van der Waals surface area contributed by atoms with Gasteiger partial charge in [-0.2, -0.15) is 10.2 Å². The topological polar surface area (TPSA) is 83.2 Å². The molecule has 0 radical (unpaired) electrons. The Balaban J connectivity index is 1.46. The molecule has 154 valence electrons. The van der Waals surface area contributed by atoms with E-state index >= 15 is 0 Å². The molecule has 8 heteroatoms. The Morgan fingerprint density at radius 3 is 2.80 bits per heavy atom. The number of aromatic nitrogens is 4. The molecule has 0 bridgehead atoms. The lowest BCUT2D eigenvalue weighted by molar-refractivity contribution is 0.151. The lowest BCUT2D eigenvalue weighted by atomic mass is 10.1. The second-order valence-corrected chi connectivity index (χ2v) is 6.78. The van der Waals surface area contributed by atoms with Crippen LogP contribution >= 0.6 is 0 Å². The molecule has 4 aromatic rings. The van der Waals surface area contributed by atoms with Crippen molar-refractivity contribution in [3.05, 3.63) is 60.4 Å². The highest BCUT2D eigenvalue weighted by molar-refractivity contribution is 5.89. The molecule has 0 aliphatic heterocycles. The van der Waals surface area contributed by atoms with E-state index in [1.165, 1.54) is 0 Å². The van der Waals surface area contributed by atoms with Crippen LogP contribution < -0.4 is 10.1 Å². The summed E-state index contributed by atoms with van der Waals surface area (Å²) in [7, 11) is 3.51. The van der Waals surface area contributed by atoms with E-state index in [0.717, 1.165) is 33.6 Å². The monoisotopic (exact) mass is 405 g/mol. The maximum absolute atomic E-state index is 12.3. The molecule has 1 amide bonds. The van der Waals surface area contributed by atoms with Gasteiger partial charge in [0.15, 0.2) is 0 Å². The summed E-state index contributed by atoms with van der Waals surface area (Å²) in [6.45, 7) is 2.76. The van der Waals surface area contributed by atoms with Gasteiger partial charge in [-0.05, 0) is 43.3 Å². The van der Waals surface area contributed by atoms with Gasteiger partial charge in [0.1, 0.15) is 12.4 Å². The highest BCUT2D eigenvalue weighted by Crippen LogP contribution is 2.29. The number of ether oxygens (including phenoxy) is 2. The number of aryl methyl sites for hydroxylation is 2. The highest BCUT2D eigenvalue weighted by Gasteiger charge is 2.14. The van der Waals surface area contributed by atoms with Crippen LogP contribution in [0.1, 0.15) is 12.6 Å². The Morgan fingerprint density at radius 2 is 2.00 bits per heavy atom. The van der Waals surface area contributed by atoms with Gasteiger partial charge in [0.05, 0.1) is 30.2 Å². The quantitative estimate of drug-likeness (QED) is 0.519. The molecule has 2 aromatic carbocycles. The first kappa shape index (κ1) is 19.5. The Labute approximate surface area is 174 Å². The second kappa shape index (κ2) is 8.28. The molecule has 0 aliphatic carbocycles. The van der Waals surface area contributed by atoms with E-state index in [4.69, 9.17) is 9.47 Å². The molecule has 4 rings (SSSR count). The number of benzene rings is 2. The summed E-state index contributed by atoms with van der Waals surface area (Å²) in [5.41, 5.74) is 4.11. The number of carbonyl (C=O) groups is 1. The molecule has 0 saturated carbocycles. The maximum Gasteiger partial charge on any atom is 0.412 e. The van der Waals surface area contributed by atoms with Crippen LogP contribution in [0.25, 0.3) is 22.2 Å². The van der Waals surface area contributed by atoms with Gasteiger partial charge in [-0.1, -0.05) is 12.1 Å². The molecule has 2 heterocycles. The van der Waals surface area contributed by atoms with Crippen LogP contribution in [0.5, 0.6) is 5.75 Å². The van der Waals surface area contributed by atoms with Gasteiger partial charge in [-0.15, -0.1) is 0 Å². The molecular weight excluding hydrogens is 382 g/mol. The summed E-state index contributed by atoms with van der Waals surface area (Å²) in [6.07, 6.45) is 1.23. The van der Waals surface area contributed by atoms with Crippen molar-refractivity contribution in [1.29, 1.82) is 0 Å². The van der Waals surface area contributed by atoms with E-state index in [1.807, 2.05) is 67.2 Å². The maximum atomic E-state index is 12.3. The van der Waals surface area contributed by atoms with Gasteiger partial charge in [0.25, 0.3) is 0 Å². The normalized spacial score (nSPS) is 10.9. The molecule has 0 spiro atoms. The molecule has 0 unspecified atom stereocenters. The first-order chi connectivity index (χ1) is 14.6. The number of hydrogen-bond donors (Lipinski definition) is 1. The average Bonchev–Trinajstić information content (AvgIpc) is 3.35. The number of para-hydroxylation sites is 1. The summed E-state index contributed by atoms with van der Waals surface area (Å²) in [6, 6.07) is 15.2. The number of hydrogen-bond acceptors (Lipinski definition) is 5. The summed E-state index contributed by atoms with van der Waals surface area (Å²) < 4.78 is 14.5. The lowest BCUT2D eigenvalue weighted by Gasteiger charge is -2.08. The number of fused-ring (bicyclic) bond motifs is 1. The SMILES string of the molecule is CCn1nc(-c2ccccc2OC)cc1COC(=O)Nc1ccc2c(cnn2C)c1. The van der Waals surface area contributed by atoms with Crippen LogP contribution in [0.4, 0.5) is 10.5 Å². The largest absolute Gasteiger partial charge is 0.496 e. The fourth-order valence-corrected chi connectivity index (χ4v) is 3.37. The number of carbonyl (C=O) groups excluding carboxylic acids is 1. The molecule has 0 saturated heterocycles. The number of nitrogens with one attached hydrogen (secondary N) is 1. The fraction of sp³-hybridized carbons (Fsp3) is 0.227. The predicted octanol–water partition coefficient (Wildman–Crippen LogP) is 4.21.